The summed E-state index contributed by atoms with van der Waals surface area (Å²) in [4.78, 5) is 0. The van der Waals surface area contributed by atoms with Crippen LogP contribution in [0.4, 0.5) is 17.1 Å². The summed E-state index contributed by atoms with van der Waals surface area (Å²) in [6.07, 6.45) is 1.10. The quantitative estimate of drug-likeness (QED) is 0.886. The summed E-state index contributed by atoms with van der Waals surface area (Å²) >= 11 is 12.0. The first-order valence-corrected chi connectivity index (χ1v) is 8.28. The lowest BCUT2D eigenvalue weighted by Gasteiger charge is -2.10. The summed E-state index contributed by atoms with van der Waals surface area (Å²) in [5.41, 5.74) is 1.95. The van der Waals surface area contributed by atoms with E-state index in [0.29, 0.717) is 21.4 Å². The predicted molar refractivity (Wildman–Crippen MR) is 84.7 cm³/mol. The summed E-state index contributed by atoms with van der Waals surface area (Å²) in [6.45, 7) is 0. The minimum absolute atomic E-state index is 0.496. The van der Waals surface area contributed by atoms with Crippen molar-refractivity contribution in [3.05, 3.63) is 52.5 Å². The second-order valence-electron chi connectivity index (χ2n) is 4.20. The van der Waals surface area contributed by atoms with Crippen LogP contribution in [0.15, 0.2) is 42.5 Å². The van der Waals surface area contributed by atoms with Crippen LogP contribution in [0.25, 0.3) is 0 Å². The van der Waals surface area contributed by atoms with E-state index < -0.39 is 10.0 Å². The molecule has 2 aromatic rings. The van der Waals surface area contributed by atoms with Crippen LogP contribution in [0.2, 0.25) is 10.0 Å². The highest BCUT2D eigenvalue weighted by Crippen LogP contribution is 2.28. The maximum atomic E-state index is 11.1. The molecule has 2 aromatic carbocycles. The molecule has 0 saturated heterocycles. The first kappa shape index (κ1) is 15.0. The van der Waals surface area contributed by atoms with Crippen molar-refractivity contribution in [2.24, 2.45) is 0 Å². The van der Waals surface area contributed by atoms with Gasteiger partial charge in [-0.15, -0.1) is 0 Å². The van der Waals surface area contributed by atoms with Gasteiger partial charge in [0.15, 0.2) is 0 Å². The molecule has 0 fully saturated rings. The Morgan fingerprint density at radius 3 is 2.15 bits per heavy atom. The first-order chi connectivity index (χ1) is 9.33. The Bertz CT molecular complexity index is 716. The van der Waals surface area contributed by atoms with Gasteiger partial charge in [0.05, 0.1) is 17.0 Å². The number of rotatable bonds is 4. The molecule has 0 radical (unpaired) electrons. The molecule has 20 heavy (non-hydrogen) atoms. The number of sulfonamides is 1. The van der Waals surface area contributed by atoms with Gasteiger partial charge < -0.3 is 5.32 Å². The van der Waals surface area contributed by atoms with Crippen molar-refractivity contribution < 1.29 is 8.42 Å². The van der Waals surface area contributed by atoms with E-state index >= 15 is 0 Å². The van der Waals surface area contributed by atoms with Crippen molar-refractivity contribution in [2.75, 3.05) is 16.3 Å². The van der Waals surface area contributed by atoms with E-state index in [9.17, 15) is 8.42 Å². The summed E-state index contributed by atoms with van der Waals surface area (Å²) in [5, 5.41) is 4.23. The van der Waals surface area contributed by atoms with E-state index in [0.717, 1.165) is 11.9 Å². The van der Waals surface area contributed by atoms with Gasteiger partial charge in [-0.1, -0.05) is 23.2 Å². The van der Waals surface area contributed by atoms with E-state index in [1.54, 1.807) is 42.5 Å². The Labute approximate surface area is 127 Å². The van der Waals surface area contributed by atoms with Crippen LogP contribution in [-0.2, 0) is 10.0 Å². The normalized spacial score (nSPS) is 11.2. The molecule has 0 aliphatic carbocycles. The van der Waals surface area contributed by atoms with Gasteiger partial charge >= 0.3 is 0 Å². The molecule has 0 heterocycles. The van der Waals surface area contributed by atoms with Crippen molar-refractivity contribution >= 4 is 50.3 Å². The topological polar surface area (TPSA) is 58.2 Å². The molecule has 4 nitrogen and oxygen atoms in total. The Morgan fingerprint density at radius 1 is 0.950 bits per heavy atom. The first-order valence-electron chi connectivity index (χ1n) is 5.63. The molecular weight excluding hydrogens is 319 g/mol. The number of nitrogens with one attached hydrogen (secondary N) is 2. The fourth-order valence-corrected chi connectivity index (χ4v) is 2.49. The number of hydrogen-bond donors (Lipinski definition) is 2. The molecule has 2 N–H and O–H groups in total. The van der Waals surface area contributed by atoms with Crippen molar-refractivity contribution in [1.82, 2.24) is 0 Å². The molecule has 0 atom stereocenters. The molecule has 106 valence electrons. The Morgan fingerprint density at radius 2 is 1.55 bits per heavy atom. The van der Waals surface area contributed by atoms with Crippen LogP contribution in [-0.4, -0.2) is 14.7 Å². The zero-order valence-electron chi connectivity index (χ0n) is 10.5. The molecule has 0 bridgehead atoms. The number of anilines is 3. The molecular formula is C13H12Cl2N2O2S. The largest absolute Gasteiger partial charge is 0.354 e. The van der Waals surface area contributed by atoms with Gasteiger partial charge in [0, 0.05) is 16.4 Å². The Balaban J connectivity index is 2.17. The van der Waals surface area contributed by atoms with Gasteiger partial charge in [-0.2, -0.15) is 0 Å². The highest BCUT2D eigenvalue weighted by atomic mass is 35.5. The lowest BCUT2D eigenvalue weighted by atomic mass is 10.2. The van der Waals surface area contributed by atoms with Crippen LogP contribution < -0.4 is 10.0 Å². The zero-order chi connectivity index (χ0) is 14.8. The summed E-state index contributed by atoms with van der Waals surface area (Å²) in [5.74, 6) is 0. The third kappa shape index (κ3) is 4.30. The number of halogens is 2. The molecule has 7 heteroatoms. The fraction of sp³-hybridized carbons (Fsp3) is 0.0769. The molecule has 2 rings (SSSR count). The van der Waals surface area contributed by atoms with Crippen molar-refractivity contribution in [3.8, 4) is 0 Å². The van der Waals surface area contributed by atoms with E-state index in [2.05, 4.69) is 10.0 Å². The minimum Gasteiger partial charge on any atom is -0.354 e. The maximum Gasteiger partial charge on any atom is 0.229 e. The van der Waals surface area contributed by atoms with Crippen molar-refractivity contribution in [2.45, 2.75) is 0 Å². The summed E-state index contributed by atoms with van der Waals surface area (Å²) in [6, 6.07) is 11.9. The molecule has 0 aliphatic rings. The Hall–Kier alpha value is -1.43. The highest BCUT2D eigenvalue weighted by molar-refractivity contribution is 7.92. The van der Waals surface area contributed by atoms with Gasteiger partial charge in [-0.25, -0.2) is 8.42 Å². The number of hydrogen-bond acceptors (Lipinski definition) is 3. The van der Waals surface area contributed by atoms with Crippen molar-refractivity contribution in [3.63, 3.8) is 0 Å². The van der Waals surface area contributed by atoms with Crippen LogP contribution in [0.3, 0.4) is 0 Å². The van der Waals surface area contributed by atoms with Crippen LogP contribution in [0.5, 0.6) is 0 Å². The SMILES string of the molecule is CS(=O)(=O)Nc1ccc(Nc2cc(Cl)ccc2Cl)cc1. The van der Waals surface area contributed by atoms with Gasteiger partial charge in [0.25, 0.3) is 0 Å². The molecule has 0 spiro atoms. The third-order valence-electron chi connectivity index (χ3n) is 2.40. The summed E-state index contributed by atoms with van der Waals surface area (Å²) < 4.78 is 24.6. The molecule has 0 unspecified atom stereocenters. The smallest absolute Gasteiger partial charge is 0.229 e. The maximum absolute atomic E-state index is 11.1. The molecule has 0 aliphatic heterocycles. The third-order valence-corrected chi connectivity index (χ3v) is 3.57. The average Bonchev–Trinajstić information content (AvgIpc) is 2.34. The van der Waals surface area contributed by atoms with Gasteiger partial charge in [-0.05, 0) is 42.5 Å². The van der Waals surface area contributed by atoms with Gasteiger partial charge in [0.2, 0.25) is 10.0 Å². The lowest BCUT2D eigenvalue weighted by molar-refractivity contribution is 0.607. The molecule has 0 saturated carbocycles. The van der Waals surface area contributed by atoms with E-state index in [-0.39, 0.29) is 0 Å². The highest BCUT2D eigenvalue weighted by Gasteiger charge is 2.04. The number of benzene rings is 2. The second kappa shape index (κ2) is 5.91. The standard InChI is InChI=1S/C13H12Cl2N2O2S/c1-20(18,19)17-11-5-3-10(4-6-11)16-13-8-9(14)2-7-12(13)15/h2-8,16-17H,1H3. The zero-order valence-corrected chi connectivity index (χ0v) is 12.9. The van der Waals surface area contributed by atoms with E-state index in [4.69, 9.17) is 23.2 Å². The van der Waals surface area contributed by atoms with Crippen LogP contribution >= 0.6 is 23.2 Å². The van der Waals surface area contributed by atoms with Crippen molar-refractivity contribution in [1.29, 1.82) is 0 Å². The fourth-order valence-electron chi connectivity index (χ4n) is 1.58. The van der Waals surface area contributed by atoms with E-state index in [1.165, 1.54) is 0 Å². The average molecular weight is 331 g/mol. The monoisotopic (exact) mass is 330 g/mol. The van der Waals surface area contributed by atoms with Gasteiger partial charge in [-0.3, -0.25) is 4.72 Å². The summed E-state index contributed by atoms with van der Waals surface area (Å²) in [7, 11) is -3.27. The second-order valence-corrected chi connectivity index (χ2v) is 6.79. The van der Waals surface area contributed by atoms with Gasteiger partial charge in [0.1, 0.15) is 0 Å². The lowest BCUT2D eigenvalue weighted by Crippen LogP contribution is -2.09. The molecule has 0 aromatic heterocycles. The van der Waals surface area contributed by atoms with E-state index in [1.807, 2.05) is 0 Å². The molecule has 0 amide bonds. The van der Waals surface area contributed by atoms with Crippen LogP contribution in [0.1, 0.15) is 0 Å². The predicted octanol–water partition coefficient (Wildman–Crippen LogP) is 4.11. The van der Waals surface area contributed by atoms with Crippen LogP contribution in [0, 0.1) is 0 Å². The minimum atomic E-state index is -3.27. The Kier molecular flexibility index (Phi) is 4.42.